The Morgan fingerprint density at radius 1 is 0.933 bits per heavy atom. The average Bonchev–Trinajstić information content (AvgIpc) is 3.24. The zero-order valence-corrected chi connectivity index (χ0v) is 30.0. The zero-order valence-electron chi connectivity index (χ0n) is 28.2. The first-order chi connectivity index (χ1) is 20.6. The third kappa shape index (κ3) is 11.3. The summed E-state index contributed by atoms with van der Waals surface area (Å²) in [4.78, 5) is 14.8. The first kappa shape index (κ1) is 40.0. The van der Waals surface area contributed by atoms with Gasteiger partial charge in [0.05, 0.1) is 19.9 Å². The molecule has 4 aromatic rings. The van der Waals surface area contributed by atoms with Gasteiger partial charge in [-0.2, -0.15) is 8.42 Å². The maximum absolute atomic E-state index is 10.1. The van der Waals surface area contributed by atoms with Crippen molar-refractivity contribution in [1.82, 2.24) is 0 Å². The number of carbonyl (C=O) groups is 1. The van der Waals surface area contributed by atoms with Gasteiger partial charge in [-0.05, 0) is 83.4 Å². The quantitative estimate of drug-likeness (QED) is 0.0814. The maximum atomic E-state index is 10.1. The van der Waals surface area contributed by atoms with Gasteiger partial charge in [-0.15, -0.1) is 0 Å². The van der Waals surface area contributed by atoms with Crippen molar-refractivity contribution in [1.29, 1.82) is 0 Å². The molecule has 0 saturated carbocycles. The van der Waals surface area contributed by atoms with Crippen LogP contribution in [0.25, 0.3) is 21.5 Å². The number of rotatable bonds is 5. The van der Waals surface area contributed by atoms with Crippen LogP contribution in [0.15, 0.2) is 71.7 Å². The number of carbonyl (C=O) groups excluding carboxylic acids is 1. The fourth-order valence-electron chi connectivity index (χ4n) is 4.11. The monoisotopic (exact) mass is 651 g/mol. The molecule has 13 heteroatoms. The fourth-order valence-corrected chi connectivity index (χ4v) is 4.11. The zero-order chi connectivity index (χ0) is 33.2. The Bertz CT molecular complexity index is 1710. The van der Waals surface area contributed by atoms with Crippen LogP contribution in [0.4, 0.5) is 11.4 Å². The number of nitrogens with one attached hydrogen (secondary N) is 1. The molecule has 1 heterocycles. The molecule has 0 aromatic heterocycles. The first-order valence-electron chi connectivity index (χ1n) is 13.6. The summed E-state index contributed by atoms with van der Waals surface area (Å²) in [6.45, 7) is 12.0. The SMILES string of the molecule is CC(=O)C(C)C.COc1ccc2ccc(NN)cc2c1.COc1ccc2ccc3c(c2c1)C(C)(C)C(C)=N3.O=S(=O)(O)OO.[H-].[Na+]. The smallest absolute Gasteiger partial charge is 1.00 e. The summed E-state index contributed by atoms with van der Waals surface area (Å²) in [5.74, 6) is 7.56. The van der Waals surface area contributed by atoms with E-state index in [1.165, 1.54) is 27.4 Å². The first-order valence-corrected chi connectivity index (χ1v) is 15.0. The van der Waals surface area contributed by atoms with Crippen molar-refractivity contribution in [3.8, 4) is 11.5 Å². The number of ether oxygens (including phenoxy) is 2. The molecule has 5 N–H and O–H groups in total. The van der Waals surface area contributed by atoms with Crippen LogP contribution in [-0.4, -0.2) is 43.9 Å². The Balaban J connectivity index is 0.000000645. The van der Waals surface area contributed by atoms with Crippen LogP contribution < -0.4 is 50.3 Å². The summed E-state index contributed by atoms with van der Waals surface area (Å²) in [5, 5.41) is 11.8. The summed E-state index contributed by atoms with van der Waals surface area (Å²) >= 11 is 0. The van der Waals surface area contributed by atoms with E-state index in [1.54, 1.807) is 21.1 Å². The molecular formula is C32H42N3NaO8S. The number of ketones is 1. The molecule has 0 radical (unpaired) electrons. The predicted molar refractivity (Wildman–Crippen MR) is 176 cm³/mol. The van der Waals surface area contributed by atoms with Crippen LogP contribution in [0, 0.1) is 5.92 Å². The van der Waals surface area contributed by atoms with E-state index in [1.807, 2.05) is 56.3 Å². The molecule has 1 aliphatic rings. The molecule has 0 unspecified atom stereocenters. The van der Waals surface area contributed by atoms with Crippen molar-refractivity contribution in [3.63, 3.8) is 0 Å². The van der Waals surface area contributed by atoms with Crippen LogP contribution in [0.3, 0.4) is 0 Å². The maximum Gasteiger partial charge on any atom is 1.00 e. The number of hydrogen-bond acceptors (Lipinski definition) is 10. The third-order valence-electron chi connectivity index (χ3n) is 7.15. The number of fused-ring (bicyclic) bond motifs is 4. The largest absolute Gasteiger partial charge is 1.00 e. The van der Waals surface area contributed by atoms with E-state index >= 15 is 0 Å². The van der Waals surface area contributed by atoms with Gasteiger partial charge >= 0.3 is 40.0 Å². The summed E-state index contributed by atoms with van der Waals surface area (Å²) < 4.78 is 38.4. The minimum Gasteiger partial charge on any atom is -1.00 e. The Morgan fingerprint density at radius 3 is 1.91 bits per heavy atom. The van der Waals surface area contributed by atoms with E-state index in [0.29, 0.717) is 0 Å². The second-order valence-corrected chi connectivity index (χ2v) is 11.7. The van der Waals surface area contributed by atoms with Crippen LogP contribution >= 0.6 is 0 Å². The minimum atomic E-state index is -4.61. The van der Waals surface area contributed by atoms with Gasteiger partial charge in [0.25, 0.3) is 0 Å². The molecule has 0 bridgehead atoms. The number of aliphatic imine (C=N–C) groups is 1. The van der Waals surface area contributed by atoms with Gasteiger partial charge in [-0.1, -0.05) is 56.3 Å². The average molecular weight is 652 g/mol. The second kappa shape index (κ2) is 17.6. The number of hydrazine groups is 1. The summed E-state index contributed by atoms with van der Waals surface area (Å²) in [6.07, 6.45) is 0. The Labute approximate surface area is 288 Å². The van der Waals surface area contributed by atoms with Gasteiger partial charge in [0, 0.05) is 22.7 Å². The van der Waals surface area contributed by atoms with E-state index < -0.39 is 10.4 Å². The molecule has 0 amide bonds. The molecule has 0 aliphatic carbocycles. The van der Waals surface area contributed by atoms with Crippen molar-refractivity contribution in [3.05, 3.63) is 72.3 Å². The van der Waals surface area contributed by atoms with Crippen LogP contribution in [0.1, 0.15) is 48.5 Å². The van der Waals surface area contributed by atoms with Gasteiger partial charge in [0.2, 0.25) is 0 Å². The van der Waals surface area contributed by atoms with Gasteiger partial charge < -0.3 is 16.3 Å². The number of anilines is 1. The van der Waals surface area contributed by atoms with Crippen LogP contribution in [0.5, 0.6) is 11.5 Å². The third-order valence-corrected chi connectivity index (χ3v) is 7.33. The number of hydrogen-bond donors (Lipinski definition) is 4. The fraction of sp³-hybridized carbons (Fsp3) is 0.312. The van der Waals surface area contributed by atoms with Gasteiger partial charge in [0.15, 0.2) is 0 Å². The van der Waals surface area contributed by atoms with Crippen molar-refractivity contribution in [2.24, 2.45) is 16.8 Å². The van der Waals surface area contributed by atoms with Crippen LogP contribution in [0.2, 0.25) is 0 Å². The Hall–Kier alpha value is -3.07. The molecule has 11 nitrogen and oxygen atoms in total. The van der Waals surface area contributed by atoms with Crippen molar-refractivity contribution < 1.29 is 67.8 Å². The van der Waals surface area contributed by atoms with E-state index in [2.05, 4.69) is 59.8 Å². The van der Waals surface area contributed by atoms with E-state index in [4.69, 9.17) is 33.5 Å². The molecular weight excluding hydrogens is 609 g/mol. The molecule has 0 spiro atoms. The van der Waals surface area contributed by atoms with Gasteiger partial charge in [-0.25, -0.2) is 5.26 Å². The summed E-state index contributed by atoms with van der Waals surface area (Å²) in [6, 6.07) is 22.4. The number of benzene rings is 4. The summed E-state index contributed by atoms with van der Waals surface area (Å²) in [7, 11) is -1.24. The van der Waals surface area contributed by atoms with E-state index in [0.717, 1.165) is 28.3 Å². The van der Waals surface area contributed by atoms with Crippen molar-refractivity contribution >= 4 is 54.8 Å². The normalized spacial score (nSPS) is 12.6. The van der Waals surface area contributed by atoms with Crippen LogP contribution in [-0.2, 0) is 24.9 Å². The number of Topliss-reactive ketones (excluding diaryl/α,β-unsaturated/α-hetero) is 1. The standard InChI is InChI=1S/C16H17NO.C11H12N2O.C5H10O.Na.H2O5S.H/c1-10-16(2,3)15-13-9-12(18-4)7-5-11(13)6-8-14(15)17-10;1-14-11-5-3-8-2-4-10(13-12)6-9(8)7-11;1-4(2)5(3)6;;1-5-6(2,3)4;/h5-9H,1-4H3;2-7,13H,12H2,1H3;4H,1-3H3;;1H,(H,2,3,4);/q;;;+1;;-1. The molecule has 0 fully saturated rings. The molecule has 5 rings (SSSR count). The minimum absolute atomic E-state index is 0. The Kier molecular flexibility index (Phi) is 15.6. The molecule has 4 aromatic carbocycles. The number of nitrogens with zero attached hydrogens (tertiary/aromatic N) is 1. The topological polar surface area (TPSA) is 170 Å². The molecule has 1 aliphatic heterocycles. The molecule has 240 valence electrons. The predicted octanol–water partition coefficient (Wildman–Crippen LogP) is 3.99. The number of nitrogens with two attached hydrogens (primary N) is 1. The van der Waals surface area contributed by atoms with Gasteiger partial charge in [-0.3, -0.25) is 20.2 Å². The number of methoxy groups -OCH3 is 2. The van der Waals surface area contributed by atoms with Crippen molar-refractivity contribution in [2.75, 3.05) is 19.6 Å². The van der Waals surface area contributed by atoms with E-state index in [-0.39, 0.29) is 48.1 Å². The number of nitrogen functional groups attached to an aromatic ring is 1. The van der Waals surface area contributed by atoms with E-state index in [9.17, 15) is 4.79 Å². The molecule has 0 saturated heterocycles. The second-order valence-electron chi connectivity index (χ2n) is 10.7. The summed E-state index contributed by atoms with van der Waals surface area (Å²) in [5.41, 5.74) is 7.10. The Morgan fingerprint density at radius 2 is 1.42 bits per heavy atom. The molecule has 0 atom stereocenters. The molecule has 45 heavy (non-hydrogen) atoms. The van der Waals surface area contributed by atoms with Crippen molar-refractivity contribution in [2.45, 2.75) is 47.0 Å². The van der Waals surface area contributed by atoms with Gasteiger partial charge in [0.1, 0.15) is 17.3 Å².